The van der Waals surface area contributed by atoms with Gasteiger partial charge in [0.25, 0.3) is 0 Å². The Morgan fingerprint density at radius 2 is 1.71 bits per heavy atom. The van der Waals surface area contributed by atoms with E-state index in [9.17, 15) is 4.79 Å². The van der Waals surface area contributed by atoms with Crippen molar-refractivity contribution in [3.8, 4) is 23.0 Å². The monoisotopic (exact) mass is 405 g/mol. The lowest BCUT2D eigenvalue weighted by molar-refractivity contribution is -0.111. The zero-order valence-electron chi connectivity index (χ0n) is 16.4. The first-order chi connectivity index (χ1) is 13.5. The van der Waals surface area contributed by atoms with Gasteiger partial charge in [0, 0.05) is 18.2 Å². The molecular weight excluding hydrogens is 382 g/mol. The van der Waals surface area contributed by atoms with Crippen LogP contribution in [0.5, 0.6) is 23.0 Å². The van der Waals surface area contributed by atoms with E-state index in [-0.39, 0.29) is 5.91 Å². The van der Waals surface area contributed by atoms with Gasteiger partial charge in [-0.05, 0) is 30.2 Å². The fourth-order valence-corrected chi connectivity index (χ4v) is 2.65. The molecule has 0 bridgehead atoms. The number of carbonyl (C=O) groups is 1. The van der Waals surface area contributed by atoms with E-state index in [1.807, 2.05) is 19.1 Å². The molecule has 2 aromatic carbocycles. The van der Waals surface area contributed by atoms with Crippen LogP contribution in [0, 0.1) is 0 Å². The van der Waals surface area contributed by atoms with Gasteiger partial charge in [-0.25, -0.2) is 0 Å². The molecule has 0 saturated carbocycles. The number of ether oxygens (including phenoxy) is 4. The summed E-state index contributed by atoms with van der Waals surface area (Å²) in [6.07, 6.45) is 4.01. The molecule has 0 aromatic heterocycles. The molecule has 7 heteroatoms. The fraction of sp³-hybridized carbons (Fsp3) is 0.286. The average molecular weight is 406 g/mol. The zero-order chi connectivity index (χ0) is 20.5. The van der Waals surface area contributed by atoms with Gasteiger partial charge < -0.3 is 24.3 Å². The first-order valence-electron chi connectivity index (χ1n) is 8.73. The van der Waals surface area contributed by atoms with Gasteiger partial charge in [0.15, 0.2) is 11.5 Å². The first-order valence-corrected chi connectivity index (χ1v) is 9.11. The third-order valence-corrected chi connectivity index (χ3v) is 4.10. The van der Waals surface area contributed by atoms with Crippen molar-refractivity contribution in [2.24, 2.45) is 0 Å². The van der Waals surface area contributed by atoms with E-state index in [0.29, 0.717) is 40.3 Å². The van der Waals surface area contributed by atoms with Crippen LogP contribution in [0.4, 0.5) is 5.69 Å². The largest absolute Gasteiger partial charge is 0.495 e. The summed E-state index contributed by atoms with van der Waals surface area (Å²) in [6, 6.07) is 8.67. The summed E-state index contributed by atoms with van der Waals surface area (Å²) in [7, 11) is 4.58. The van der Waals surface area contributed by atoms with Crippen molar-refractivity contribution in [3.05, 3.63) is 47.0 Å². The molecule has 150 valence electrons. The minimum atomic E-state index is -0.326. The smallest absolute Gasteiger partial charge is 0.248 e. The summed E-state index contributed by atoms with van der Waals surface area (Å²) in [5, 5.41) is 3.15. The summed E-state index contributed by atoms with van der Waals surface area (Å²) in [4.78, 5) is 12.3. The third kappa shape index (κ3) is 5.57. The van der Waals surface area contributed by atoms with Gasteiger partial charge >= 0.3 is 0 Å². The number of rotatable bonds is 9. The van der Waals surface area contributed by atoms with Crippen LogP contribution in [0.15, 0.2) is 36.4 Å². The van der Waals surface area contributed by atoms with Crippen molar-refractivity contribution in [1.29, 1.82) is 0 Å². The highest BCUT2D eigenvalue weighted by Gasteiger charge is 2.11. The molecule has 1 amide bonds. The van der Waals surface area contributed by atoms with Crippen molar-refractivity contribution >= 4 is 29.3 Å². The third-order valence-electron chi connectivity index (χ3n) is 3.81. The maximum Gasteiger partial charge on any atom is 0.248 e. The second kappa shape index (κ2) is 10.5. The predicted octanol–water partition coefficient (Wildman–Crippen LogP) is 4.81. The number of halogens is 1. The molecule has 28 heavy (non-hydrogen) atoms. The first kappa shape index (κ1) is 21.4. The number of nitrogens with one attached hydrogen (secondary N) is 1. The van der Waals surface area contributed by atoms with Crippen LogP contribution in [-0.2, 0) is 4.79 Å². The van der Waals surface area contributed by atoms with Crippen molar-refractivity contribution in [3.63, 3.8) is 0 Å². The minimum absolute atomic E-state index is 0.326. The summed E-state index contributed by atoms with van der Waals surface area (Å²) in [5.41, 5.74) is 1.26. The summed E-state index contributed by atoms with van der Waals surface area (Å²) in [6.45, 7) is 2.65. The fourth-order valence-electron chi connectivity index (χ4n) is 2.42. The average Bonchev–Trinajstić information content (AvgIpc) is 2.71. The Kier molecular flexibility index (Phi) is 8.02. The quantitative estimate of drug-likeness (QED) is 0.606. The van der Waals surface area contributed by atoms with Crippen LogP contribution in [0.3, 0.4) is 0 Å². The van der Waals surface area contributed by atoms with Gasteiger partial charge in [-0.15, -0.1) is 0 Å². The molecule has 0 radical (unpaired) electrons. The molecule has 1 N–H and O–H groups in total. The Morgan fingerprint density at radius 3 is 2.36 bits per heavy atom. The summed E-state index contributed by atoms with van der Waals surface area (Å²) < 4.78 is 21.4. The Bertz CT molecular complexity index is 851. The highest BCUT2D eigenvalue weighted by molar-refractivity contribution is 6.32. The molecule has 2 rings (SSSR count). The molecule has 6 nitrogen and oxygen atoms in total. The number of benzene rings is 2. The Morgan fingerprint density at radius 1 is 1.00 bits per heavy atom. The Labute approximate surface area is 170 Å². The number of anilines is 1. The molecule has 0 spiro atoms. The highest BCUT2D eigenvalue weighted by atomic mass is 35.5. The topological polar surface area (TPSA) is 66.0 Å². The second-order valence-corrected chi connectivity index (χ2v) is 6.18. The van der Waals surface area contributed by atoms with E-state index in [1.54, 1.807) is 31.4 Å². The van der Waals surface area contributed by atoms with E-state index in [0.717, 1.165) is 12.0 Å². The van der Waals surface area contributed by atoms with Crippen LogP contribution in [0.2, 0.25) is 5.02 Å². The number of hydrogen-bond donors (Lipinski definition) is 1. The van der Waals surface area contributed by atoms with Gasteiger partial charge in [0.05, 0.1) is 38.6 Å². The van der Waals surface area contributed by atoms with Crippen molar-refractivity contribution < 1.29 is 23.7 Å². The van der Waals surface area contributed by atoms with Crippen LogP contribution >= 0.6 is 11.6 Å². The van der Waals surface area contributed by atoms with E-state index in [2.05, 4.69) is 5.32 Å². The van der Waals surface area contributed by atoms with Gasteiger partial charge in [-0.1, -0.05) is 24.6 Å². The standard InChI is InChI=1S/C21H24ClNO5/c1-5-10-28-17-8-6-14(11-20(17)27-4)7-9-21(24)23-16-13-18(25-2)15(22)12-19(16)26-3/h6-9,11-13H,5,10H2,1-4H3,(H,23,24). The lowest BCUT2D eigenvalue weighted by atomic mass is 10.2. The van der Waals surface area contributed by atoms with E-state index >= 15 is 0 Å². The van der Waals surface area contributed by atoms with E-state index < -0.39 is 0 Å². The SMILES string of the molecule is CCCOc1ccc(C=CC(=O)Nc2cc(OC)c(Cl)cc2OC)cc1OC. The lowest BCUT2D eigenvalue weighted by Gasteiger charge is -2.12. The second-order valence-electron chi connectivity index (χ2n) is 5.77. The number of amides is 1. The Hall–Kier alpha value is -2.86. The molecule has 0 aliphatic rings. The van der Waals surface area contributed by atoms with Gasteiger partial charge in [-0.2, -0.15) is 0 Å². The summed E-state index contributed by atoms with van der Waals surface area (Å²) in [5.74, 6) is 1.83. The van der Waals surface area contributed by atoms with Crippen LogP contribution in [-0.4, -0.2) is 33.8 Å². The molecule has 2 aromatic rings. The van der Waals surface area contributed by atoms with E-state index in [4.69, 9.17) is 30.5 Å². The van der Waals surface area contributed by atoms with E-state index in [1.165, 1.54) is 20.3 Å². The normalized spacial score (nSPS) is 10.6. The molecule has 0 atom stereocenters. The molecule has 0 fully saturated rings. The lowest BCUT2D eigenvalue weighted by Crippen LogP contribution is -2.09. The van der Waals surface area contributed by atoms with Crippen LogP contribution in [0.25, 0.3) is 6.08 Å². The van der Waals surface area contributed by atoms with Crippen molar-refractivity contribution in [2.75, 3.05) is 33.3 Å². The number of methoxy groups -OCH3 is 3. The molecular formula is C21H24ClNO5. The predicted molar refractivity (Wildman–Crippen MR) is 111 cm³/mol. The van der Waals surface area contributed by atoms with Gasteiger partial charge in [0.2, 0.25) is 5.91 Å². The van der Waals surface area contributed by atoms with Crippen molar-refractivity contribution in [1.82, 2.24) is 0 Å². The number of carbonyl (C=O) groups excluding carboxylic acids is 1. The number of hydrogen-bond acceptors (Lipinski definition) is 5. The summed E-state index contributed by atoms with van der Waals surface area (Å²) >= 11 is 6.08. The maximum atomic E-state index is 12.3. The van der Waals surface area contributed by atoms with Crippen LogP contribution in [0.1, 0.15) is 18.9 Å². The molecule has 0 aliphatic heterocycles. The molecule has 0 saturated heterocycles. The van der Waals surface area contributed by atoms with Crippen molar-refractivity contribution in [2.45, 2.75) is 13.3 Å². The highest BCUT2D eigenvalue weighted by Crippen LogP contribution is 2.36. The minimum Gasteiger partial charge on any atom is -0.495 e. The molecule has 0 aliphatic carbocycles. The zero-order valence-corrected chi connectivity index (χ0v) is 17.1. The van der Waals surface area contributed by atoms with Gasteiger partial charge in [-0.3, -0.25) is 4.79 Å². The van der Waals surface area contributed by atoms with Crippen LogP contribution < -0.4 is 24.3 Å². The Balaban J connectivity index is 2.14. The van der Waals surface area contributed by atoms with Gasteiger partial charge in [0.1, 0.15) is 11.5 Å². The molecule has 0 unspecified atom stereocenters. The maximum absolute atomic E-state index is 12.3. The molecule has 0 heterocycles.